The maximum atomic E-state index is 12.6. The molecule has 0 aliphatic carbocycles. The van der Waals surface area contributed by atoms with E-state index in [0.29, 0.717) is 44.6 Å². The van der Waals surface area contributed by atoms with E-state index in [9.17, 15) is 4.79 Å². The summed E-state index contributed by atoms with van der Waals surface area (Å²) in [5.74, 6) is 1.20. The first-order valence-corrected chi connectivity index (χ1v) is 15.0. The van der Waals surface area contributed by atoms with E-state index in [1.807, 2.05) is 12.1 Å². The van der Waals surface area contributed by atoms with Crippen LogP contribution in [-0.2, 0) is 14.2 Å². The molecule has 0 saturated carbocycles. The minimum atomic E-state index is -0.0531. The number of benzene rings is 2. The highest BCUT2D eigenvalue weighted by atomic mass is 32.2. The van der Waals surface area contributed by atoms with Gasteiger partial charge in [0.2, 0.25) is 0 Å². The Bertz CT molecular complexity index is 1350. The fourth-order valence-electron chi connectivity index (χ4n) is 5.09. The zero-order valence-electron chi connectivity index (χ0n) is 22.0. The lowest BCUT2D eigenvalue weighted by Crippen LogP contribution is -2.44. The Hall–Kier alpha value is -2.47. The maximum absolute atomic E-state index is 12.6. The summed E-state index contributed by atoms with van der Waals surface area (Å²) in [6.45, 7) is 7.72. The number of fused-ring (bicyclic) bond motifs is 2. The Kier molecular flexibility index (Phi) is 8.48. The third-order valence-corrected chi connectivity index (χ3v) is 9.61. The average Bonchev–Trinajstić information content (AvgIpc) is 2.96. The van der Waals surface area contributed by atoms with Gasteiger partial charge in [-0.1, -0.05) is 35.7 Å². The van der Waals surface area contributed by atoms with Gasteiger partial charge in [0, 0.05) is 82.8 Å². The lowest BCUT2D eigenvalue weighted by atomic mass is 10.1. The minimum Gasteiger partial charge on any atom is -0.440 e. The molecule has 206 valence electrons. The van der Waals surface area contributed by atoms with Crippen LogP contribution in [0.15, 0.2) is 77.3 Å². The molecule has 0 unspecified atom stereocenters. The molecule has 3 aromatic rings. The third kappa shape index (κ3) is 6.32. The van der Waals surface area contributed by atoms with Gasteiger partial charge >= 0.3 is 0 Å². The summed E-state index contributed by atoms with van der Waals surface area (Å²) in [6.07, 6.45) is 0. The van der Waals surface area contributed by atoms with Crippen molar-refractivity contribution in [3.63, 3.8) is 0 Å². The topological polar surface area (TPSA) is 76.4 Å². The highest BCUT2D eigenvalue weighted by Crippen LogP contribution is 2.52. The molecule has 6 rings (SSSR count). The molecule has 0 spiro atoms. The average molecular weight is 568 g/mol. The van der Waals surface area contributed by atoms with E-state index >= 15 is 0 Å². The predicted octanol–water partition coefficient (Wildman–Crippen LogP) is 4.52. The van der Waals surface area contributed by atoms with Crippen molar-refractivity contribution >= 4 is 35.1 Å². The summed E-state index contributed by atoms with van der Waals surface area (Å²) >= 11 is 3.48. The second kappa shape index (κ2) is 12.4. The molecule has 0 amide bonds. The van der Waals surface area contributed by atoms with Crippen molar-refractivity contribution in [2.45, 2.75) is 25.6 Å². The van der Waals surface area contributed by atoms with Crippen LogP contribution in [0.5, 0.6) is 0 Å². The largest absolute Gasteiger partial charge is 0.440 e. The number of hydrogen-bond donors (Lipinski definition) is 1. The lowest BCUT2D eigenvalue weighted by Gasteiger charge is -2.31. The number of ether oxygens (including phenoxy) is 3. The zero-order chi connectivity index (χ0) is 26.6. The number of morpholine rings is 2. The van der Waals surface area contributed by atoms with Crippen LogP contribution in [0.4, 0.5) is 11.6 Å². The van der Waals surface area contributed by atoms with E-state index in [1.165, 1.54) is 9.79 Å². The van der Waals surface area contributed by atoms with Gasteiger partial charge in [-0.2, -0.15) is 0 Å². The third-order valence-electron chi connectivity index (χ3n) is 7.02. The zero-order valence-corrected chi connectivity index (χ0v) is 23.7. The van der Waals surface area contributed by atoms with Crippen molar-refractivity contribution in [3.8, 4) is 11.3 Å². The standard InChI is InChI=1S/C29H33N3O5S2/c1-34-19-21(18-31-7-11-35-12-8-31)30-20-5-6-25-27(15-20)38-26-4-2-3-23(29(26)39-25)24-16-22(33)17-28(37-24)32-9-13-36-14-10-32/h2-6,15-17,21,30H,7-14,18-19H2,1H3/t21-/m0/s1. The molecule has 8 nitrogen and oxygen atoms in total. The quantitative estimate of drug-likeness (QED) is 0.329. The van der Waals surface area contributed by atoms with Gasteiger partial charge in [0.25, 0.3) is 0 Å². The Morgan fingerprint density at radius 1 is 0.923 bits per heavy atom. The number of nitrogens with one attached hydrogen (secondary N) is 1. The number of rotatable bonds is 8. The molecule has 0 bridgehead atoms. The number of hydrogen-bond acceptors (Lipinski definition) is 10. The van der Waals surface area contributed by atoms with Crippen molar-refractivity contribution < 1.29 is 18.6 Å². The van der Waals surface area contributed by atoms with Gasteiger partial charge in [0.05, 0.1) is 39.1 Å². The summed E-state index contributed by atoms with van der Waals surface area (Å²) in [4.78, 5) is 21.8. The van der Waals surface area contributed by atoms with E-state index in [1.54, 1.807) is 42.8 Å². The van der Waals surface area contributed by atoms with Crippen LogP contribution < -0.4 is 15.6 Å². The van der Waals surface area contributed by atoms with E-state index in [0.717, 1.165) is 53.9 Å². The van der Waals surface area contributed by atoms with Gasteiger partial charge < -0.3 is 28.8 Å². The van der Waals surface area contributed by atoms with Gasteiger partial charge in [-0.15, -0.1) is 0 Å². The normalized spacial score (nSPS) is 18.3. The Morgan fingerprint density at radius 2 is 1.72 bits per heavy atom. The highest BCUT2D eigenvalue weighted by Gasteiger charge is 2.24. The fraction of sp³-hybridized carbons (Fsp3) is 0.414. The second-order valence-electron chi connectivity index (χ2n) is 9.80. The van der Waals surface area contributed by atoms with Crippen LogP contribution >= 0.6 is 23.5 Å². The van der Waals surface area contributed by atoms with Crippen LogP contribution in [0.3, 0.4) is 0 Å². The van der Waals surface area contributed by atoms with Crippen molar-refractivity contribution in [1.29, 1.82) is 0 Å². The first-order valence-electron chi connectivity index (χ1n) is 13.3. The first kappa shape index (κ1) is 26.7. The van der Waals surface area contributed by atoms with Gasteiger partial charge in [-0.3, -0.25) is 9.69 Å². The first-order chi connectivity index (χ1) is 19.2. The van der Waals surface area contributed by atoms with Gasteiger partial charge in [0.15, 0.2) is 11.3 Å². The second-order valence-corrected chi connectivity index (χ2v) is 11.9. The molecule has 4 heterocycles. The smallest absolute Gasteiger partial charge is 0.200 e. The maximum Gasteiger partial charge on any atom is 0.200 e. The van der Waals surface area contributed by atoms with E-state index in [4.69, 9.17) is 18.6 Å². The van der Waals surface area contributed by atoms with Gasteiger partial charge in [-0.05, 0) is 24.3 Å². The van der Waals surface area contributed by atoms with Crippen molar-refractivity contribution in [2.75, 3.05) is 83.1 Å². The minimum absolute atomic E-state index is 0.0531. The number of methoxy groups -OCH3 is 1. The van der Waals surface area contributed by atoms with Crippen LogP contribution in [-0.4, -0.2) is 83.8 Å². The molecule has 3 aliphatic heterocycles. The molecule has 39 heavy (non-hydrogen) atoms. The monoisotopic (exact) mass is 567 g/mol. The molecule has 1 atom stereocenters. The molecular formula is C29H33N3O5S2. The van der Waals surface area contributed by atoms with Crippen LogP contribution in [0.2, 0.25) is 0 Å². The van der Waals surface area contributed by atoms with Crippen LogP contribution in [0.25, 0.3) is 11.3 Å². The summed E-state index contributed by atoms with van der Waals surface area (Å²) in [7, 11) is 1.75. The Labute approximate surface area is 237 Å². The molecule has 2 aromatic carbocycles. The molecule has 2 saturated heterocycles. The summed E-state index contributed by atoms with van der Waals surface area (Å²) in [5.41, 5.74) is 1.97. The predicted molar refractivity (Wildman–Crippen MR) is 155 cm³/mol. The van der Waals surface area contributed by atoms with Crippen LogP contribution in [0.1, 0.15) is 0 Å². The number of anilines is 2. The summed E-state index contributed by atoms with van der Waals surface area (Å²) in [6, 6.07) is 16.1. The molecule has 2 fully saturated rings. The summed E-state index contributed by atoms with van der Waals surface area (Å²) < 4.78 is 22.8. The molecular weight excluding hydrogens is 534 g/mol. The number of nitrogens with zero attached hydrogens (tertiary/aromatic N) is 2. The fourth-order valence-corrected chi connectivity index (χ4v) is 7.50. The molecule has 3 aliphatic rings. The van der Waals surface area contributed by atoms with E-state index < -0.39 is 0 Å². The van der Waals surface area contributed by atoms with Crippen molar-refractivity contribution in [1.82, 2.24) is 4.90 Å². The molecule has 10 heteroatoms. The summed E-state index contributed by atoms with van der Waals surface area (Å²) in [5, 5.41) is 3.69. The van der Waals surface area contributed by atoms with E-state index in [2.05, 4.69) is 39.4 Å². The highest BCUT2D eigenvalue weighted by molar-refractivity contribution is 8.05. The lowest BCUT2D eigenvalue weighted by molar-refractivity contribution is 0.0319. The van der Waals surface area contributed by atoms with Crippen LogP contribution in [0, 0.1) is 0 Å². The van der Waals surface area contributed by atoms with Crippen molar-refractivity contribution in [2.24, 2.45) is 0 Å². The molecule has 0 radical (unpaired) electrons. The van der Waals surface area contributed by atoms with Gasteiger partial charge in [-0.25, -0.2) is 0 Å². The Morgan fingerprint density at radius 3 is 2.51 bits per heavy atom. The van der Waals surface area contributed by atoms with E-state index in [-0.39, 0.29) is 11.5 Å². The molecule has 1 N–H and O–H groups in total. The van der Waals surface area contributed by atoms with Gasteiger partial charge in [0.1, 0.15) is 5.76 Å². The SMILES string of the molecule is COC[C@H](CN1CCOCC1)Nc1ccc2c(c1)Sc1cccc(-c3cc(=O)cc(N4CCOCC4)o3)c1S2. The Balaban J connectivity index is 1.22. The van der Waals surface area contributed by atoms with Crippen molar-refractivity contribution in [3.05, 3.63) is 58.8 Å². The molecule has 1 aromatic heterocycles.